The molecular formula is C19H23NO4. The summed E-state index contributed by atoms with van der Waals surface area (Å²) in [6.45, 7) is 3.62. The lowest BCUT2D eigenvalue weighted by atomic mass is 9.96. The molecule has 0 unspecified atom stereocenters. The van der Waals surface area contributed by atoms with Gasteiger partial charge < -0.3 is 15.9 Å². The van der Waals surface area contributed by atoms with Crippen LogP contribution in [-0.4, -0.2) is 34.6 Å². The maximum absolute atomic E-state index is 12.2. The van der Waals surface area contributed by atoms with E-state index in [-0.39, 0.29) is 11.9 Å². The molecule has 0 spiro atoms. The van der Waals surface area contributed by atoms with Crippen LogP contribution in [0.25, 0.3) is 0 Å². The molecule has 0 aliphatic heterocycles. The van der Waals surface area contributed by atoms with Crippen molar-refractivity contribution in [2.75, 3.05) is 6.54 Å². The first-order valence-corrected chi connectivity index (χ1v) is 7.67. The minimum atomic E-state index is -0.899. The zero-order chi connectivity index (χ0) is 18.1. The second kappa shape index (κ2) is 9.60. The summed E-state index contributed by atoms with van der Waals surface area (Å²) in [4.78, 5) is 23.2. The number of benzene rings is 2. The van der Waals surface area contributed by atoms with E-state index in [0.29, 0.717) is 23.2 Å². The van der Waals surface area contributed by atoms with Gasteiger partial charge in [0, 0.05) is 17.7 Å². The van der Waals surface area contributed by atoms with Crippen LogP contribution in [0.1, 0.15) is 41.3 Å². The van der Waals surface area contributed by atoms with E-state index in [4.69, 9.17) is 15.9 Å². The second-order valence-corrected chi connectivity index (χ2v) is 5.47. The lowest BCUT2D eigenvalue weighted by Gasteiger charge is -2.08. The summed E-state index contributed by atoms with van der Waals surface area (Å²) in [5, 5.41) is 17.2. The fourth-order valence-corrected chi connectivity index (χ4v) is 1.85. The number of hydrogen-bond acceptors (Lipinski definition) is 4. The van der Waals surface area contributed by atoms with Crippen LogP contribution in [0.3, 0.4) is 0 Å². The summed E-state index contributed by atoms with van der Waals surface area (Å²) in [6, 6.07) is 15.7. The van der Waals surface area contributed by atoms with E-state index in [1.54, 1.807) is 62.4 Å². The SMILES string of the molecule is C[C@@H](C(=O)O)c1cccc(C(=O)c2ccccc2)c1.C[C@@H](O)CN. The number of aliphatic hydroxyl groups is 1. The molecule has 0 saturated heterocycles. The molecule has 5 heteroatoms. The average Bonchev–Trinajstić information content (AvgIpc) is 2.61. The molecule has 24 heavy (non-hydrogen) atoms. The number of rotatable bonds is 5. The molecule has 4 N–H and O–H groups in total. The molecule has 0 amide bonds. The van der Waals surface area contributed by atoms with Gasteiger partial charge in [-0.05, 0) is 25.5 Å². The van der Waals surface area contributed by atoms with Crippen LogP contribution in [0.2, 0.25) is 0 Å². The van der Waals surface area contributed by atoms with Crippen molar-refractivity contribution in [1.82, 2.24) is 0 Å². The summed E-state index contributed by atoms with van der Waals surface area (Å²) in [5.74, 6) is -1.62. The summed E-state index contributed by atoms with van der Waals surface area (Å²) in [7, 11) is 0. The van der Waals surface area contributed by atoms with Crippen LogP contribution in [-0.2, 0) is 4.79 Å². The Kier molecular flexibility index (Phi) is 7.82. The van der Waals surface area contributed by atoms with Crippen LogP contribution in [0.15, 0.2) is 54.6 Å². The summed E-state index contributed by atoms with van der Waals surface area (Å²) in [5.41, 5.74) is 6.67. The third-order valence-electron chi connectivity index (χ3n) is 3.40. The van der Waals surface area contributed by atoms with E-state index in [1.165, 1.54) is 0 Å². The molecule has 0 aromatic heterocycles. The number of carboxylic acid groups (broad SMARTS) is 1. The zero-order valence-electron chi connectivity index (χ0n) is 13.8. The maximum atomic E-state index is 12.2. The monoisotopic (exact) mass is 329 g/mol. The van der Waals surface area contributed by atoms with Crippen molar-refractivity contribution >= 4 is 11.8 Å². The van der Waals surface area contributed by atoms with Gasteiger partial charge in [-0.25, -0.2) is 0 Å². The number of aliphatic carboxylic acids is 1. The topological polar surface area (TPSA) is 101 Å². The normalized spacial score (nSPS) is 12.5. The molecule has 5 nitrogen and oxygen atoms in total. The van der Waals surface area contributed by atoms with Crippen molar-refractivity contribution < 1.29 is 19.8 Å². The first kappa shape index (κ1) is 19.5. The van der Waals surface area contributed by atoms with Crippen molar-refractivity contribution in [3.8, 4) is 0 Å². The van der Waals surface area contributed by atoms with Crippen LogP contribution in [0.4, 0.5) is 0 Å². The van der Waals surface area contributed by atoms with E-state index >= 15 is 0 Å². The van der Waals surface area contributed by atoms with Crippen LogP contribution in [0, 0.1) is 0 Å². The molecule has 0 saturated carbocycles. The van der Waals surface area contributed by atoms with Gasteiger partial charge in [0.15, 0.2) is 5.78 Å². The quantitative estimate of drug-likeness (QED) is 0.731. The number of carbonyl (C=O) groups is 2. The van der Waals surface area contributed by atoms with E-state index in [0.717, 1.165) is 0 Å². The van der Waals surface area contributed by atoms with Crippen molar-refractivity contribution in [1.29, 1.82) is 0 Å². The van der Waals surface area contributed by atoms with Gasteiger partial charge in [-0.1, -0.05) is 48.5 Å². The Balaban J connectivity index is 0.000000505. The van der Waals surface area contributed by atoms with Gasteiger partial charge in [0.1, 0.15) is 0 Å². The third-order valence-corrected chi connectivity index (χ3v) is 3.40. The number of hydrogen-bond donors (Lipinski definition) is 3. The molecule has 0 bridgehead atoms. The second-order valence-electron chi connectivity index (χ2n) is 5.47. The Morgan fingerprint density at radius 2 is 1.54 bits per heavy atom. The van der Waals surface area contributed by atoms with Crippen LogP contribution < -0.4 is 5.73 Å². The number of carboxylic acids is 1. The molecule has 128 valence electrons. The first-order chi connectivity index (χ1) is 11.4. The molecule has 0 aliphatic rings. The van der Waals surface area contributed by atoms with Crippen LogP contribution in [0.5, 0.6) is 0 Å². The molecule has 0 heterocycles. The Morgan fingerprint density at radius 3 is 2.04 bits per heavy atom. The Hall–Kier alpha value is -2.50. The highest BCUT2D eigenvalue weighted by atomic mass is 16.4. The average molecular weight is 329 g/mol. The summed E-state index contributed by atoms with van der Waals surface area (Å²) in [6.07, 6.45) is -0.338. The lowest BCUT2D eigenvalue weighted by molar-refractivity contribution is -0.138. The minimum absolute atomic E-state index is 0.0972. The molecular weight excluding hydrogens is 306 g/mol. The van der Waals surface area contributed by atoms with Gasteiger partial charge in [0.05, 0.1) is 12.0 Å². The molecule has 2 aromatic rings. The molecule has 0 aliphatic carbocycles. The molecule has 2 atom stereocenters. The maximum Gasteiger partial charge on any atom is 0.310 e. The van der Waals surface area contributed by atoms with Crippen molar-refractivity contribution in [3.05, 3.63) is 71.3 Å². The standard InChI is InChI=1S/C16H14O3.C3H9NO/c1-11(16(18)19)13-8-5-9-14(10-13)15(17)12-6-3-2-4-7-12;1-3(5)2-4/h2-11H,1H3,(H,18,19);3,5H,2,4H2,1H3/t11-;3-/m11/s1. The van der Waals surface area contributed by atoms with Gasteiger partial charge in [-0.2, -0.15) is 0 Å². The van der Waals surface area contributed by atoms with Gasteiger partial charge in [0.2, 0.25) is 0 Å². The van der Waals surface area contributed by atoms with Crippen molar-refractivity contribution in [2.45, 2.75) is 25.9 Å². The number of nitrogens with two attached hydrogens (primary N) is 1. The molecule has 2 rings (SSSR count). The number of carbonyl (C=O) groups excluding carboxylic acids is 1. The molecule has 0 radical (unpaired) electrons. The minimum Gasteiger partial charge on any atom is -0.481 e. The van der Waals surface area contributed by atoms with Crippen molar-refractivity contribution in [2.24, 2.45) is 5.73 Å². The lowest BCUT2D eigenvalue weighted by Crippen LogP contribution is -2.14. The highest BCUT2D eigenvalue weighted by Gasteiger charge is 2.16. The van der Waals surface area contributed by atoms with E-state index < -0.39 is 11.9 Å². The molecule has 0 fully saturated rings. The van der Waals surface area contributed by atoms with Gasteiger partial charge in [0.25, 0.3) is 0 Å². The number of aliphatic hydroxyl groups excluding tert-OH is 1. The van der Waals surface area contributed by atoms with E-state index in [1.807, 2.05) is 6.07 Å². The summed E-state index contributed by atoms with van der Waals surface area (Å²) >= 11 is 0. The zero-order valence-corrected chi connectivity index (χ0v) is 13.8. The highest BCUT2D eigenvalue weighted by Crippen LogP contribution is 2.18. The fraction of sp³-hybridized carbons (Fsp3) is 0.263. The summed E-state index contributed by atoms with van der Waals surface area (Å²) < 4.78 is 0. The van der Waals surface area contributed by atoms with Gasteiger partial charge in [-0.15, -0.1) is 0 Å². The van der Waals surface area contributed by atoms with E-state index in [2.05, 4.69) is 0 Å². The first-order valence-electron chi connectivity index (χ1n) is 7.67. The fourth-order valence-electron chi connectivity index (χ4n) is 1.85. The Bertz CT molecular complexity index is 668. The van der Waals surface area contributed by atoms with E-state index in [9.17, 15) is 9.59 Å². The predicted molar refractivity (Wildman–Crippen MR) is 93.1 cm³/mol. The molecule has 2 aromatic carbocycles. The predicted octanol–water partition coefficient (Wildman–Crippen LogP) is 2.43. The third kappa shape index (κ3) is 5.95. The largest absolute Gasteiger partial charge is 0.481 e. The van der Waals surface area contributed by atoms with Crippen molar-refractivity contribution in [3.63, 3.8) is 0 Å². The highest BCUT2D eigenvalue weighted by molar-refractivity contribution is 6.09. The Labute approximate surface area is 141 Å². The van der Waals surface area contributed by atoms with Gasteiger partial charge >= 0.3 is 5.97 Å². The van der Waals surface area contributed by atoms with Crippen LogP contribution >= 0.6 is 0 Å². The number of ketones is 1. The Morgan fingerprint density at radius 1 is 1.00 bits per heavy atom. The van der Waals surface area contributed by atoms with Gasteiger partial charge in [-0.3, -0.25) is 9.59 Å². The smallest absolute Gasteiger partial charge is 0.310 e.